The molecule has 4 nitrogen and oxygen atoms in total. The molecule has 0 saturated carbocycles. The minimum Gasteiger partial charge on any atom is -0.379 e. The van der Waals surface area contributed by atoms with Crippen LogP contribution in [0.4, 0.5) is 0 Å². The van der Waals surface area contributed by atoms with Crippen LogP contribution in [-0.2, 0) is 16.0 Å². The molecule has 0 amide bonds. The molecule has 1 saturated heterocycles. The van der Waals surface area contributed by atoms with Gasteiger partial charge in [-0.1, -0.05) is 0 Å². The molecule has 5 heteroatoms. The van der Waals surface area contributed by atoms with Crippen LogP contribution < -0.4 is 5.32 Å². The van der Waals surface area contributed by atoms with Gasteiger partial charge in [0.25, 0.3) is 0 Å². The van der Waals surface area contributed by atoms with Gasteiger partial charge in [-0.3, -0.25) is 9.78 Å². The van der Waals surface area contributed by atoms with Crippen molar-refractivity contribution >= 4 is 21.7 Å². The highest BCUT2D eigenvalue weighted by Crippen LogP contribution is 2.09. The van der Waals surface area contributed by atoms with Gasteiger partial charge in [0.1, 0.15) is 5.78 Å². The van der Waals surface area contributed by atoms with Crippen LogP contribution in [0.2, 0.25) is 0 Å². The Kier molecular flexibility index (Phi) is 4.65. The van der Waals surface area contributed by atoms with Gasteiger partial charge in [0.05, 0.1) is 13.2 Å². The van der Waals surface area contributed by atoms with Gasteiger partial charge >= 0.3 is 0 Å². The third kappa shape index (κ3) is 4.18. The Labute approximate surface area is 109 Å². The molecule has 0 radical (unpaired) electrons. The molecule has 2 rings (SSSR count). The summed E-state index contributed by atoms with van der Waals surface area (Å²) in [4.78, 5) is 16.0. The van der Waals surface area contributed by atoms with E-state index in [1.165, 1.54) is 0 Å². The summed E-state index contributed by atoms with van der Waals surface area (Å²) in [5.74, 6) is 0.197. The standard InChI is InChI=1S/C12H15BrN2O2/c13-9-1-2-10(15-7-9)5-12(16)6-11-8-17-4-3-14-11/h1-2,7,11,14H,3-6,8H2. The molecule has 1 N–H and O–H groups in total. The van der Waals surface area contributed by atoms with Crippen molar-refractivity contribution in [3.05, 3.63) is 28.5 Å². The molecule has 0 bridgehead atoms. The minimum absolute atomic E-state index is 0.159. The summed E-state index contributed by atoms with van der Waals surface area (Å²) >= 11 is 3.32. The van der Waals surface area contributed by atoms with E-state index in [9.17, 15) is 4.79 Å². The van der Waals surface area contributed by atoms with Gasteiger partial charge in [-0.15, -0.1) is 0 Å². The lowest BCUT2D eigenvalue weighted by atomic mass is 10.1. The average molecular weight is 299 g/mol. The van der Waals surface area contributed by atoms with E-state index in [0.29, 0.717) is 19.4 Å². The molecule has 1 aliphatic heterocycles. The molecule has 1 fully saturated rings. The van der Waals surface area contributed by atoms with E-state index in [1.54, 1.807) is 6.20 Å². The molecule has 0 aromatic carbocycles. The molecule has 17 heavy (non-hydrogen) atoms. The van der Waals surface area contributed by atoms with Crippen molar-refractivity contribution in [2.24, 2.45) is 0 Å². The molecular weight excluding hydrogens is 284 g/mol. The summed E-state index contributed by atoms with van der Waals surface area (Å²) < 4.78 is 6.24. The van der Waals surface area contributed by atoms with Gasteiger partial charge in [-0.2, -0.15) is 0 Å². The first-order chi connectivity index (χ1) is 8.24. The zero-order chi connectivity index (χ0) is 12.1. The maximum Gasteiger partial charge on any atom is 0.140 e. The van der Waals surface area contributed by atoms with E-state index < -0.39 is 0 Å². The molecular formula is C12H15BrN2O2. The predicted molar refractivity (Wildman–Crippen MR) is 67.9 cm³/mol. The van der Waals surface area contributed by atoms with Gasteiger partial charge in [0, 0.05) is 41.8 Å². The molecule has 1 aliphatic rings. The van der Waals surface area contributed by atoms with Crippen LogP contribution in [0.25, 0.3) is 0 Å². The smallest absolute Gasteiger partial charge is 0.140 e. The predicted octanol–water partition coefficient (Wildman–Crippen LogP) is 1.33. The molecule has 1 aromatic rings. The fourth-order valence-corrected chi connectivity index (χ4v) is 2.05. The van der Waals surface area contributed by atoms with Gasteiger partial charge in [0.15, 0.2) is 0 Å². The zero-order valence-electron chi connectivity index (χ0n) is 9.49. The van der Waals surface area contributed by atoms with E-state index in [4.69, 9.17) is 4.74 Å². The normalized spacial score (nSPS) is 20.2. The first kappa shape index (κ1) is 12.7. The summed E-state index contributed by atoms with van der Waals surface area (Å²) in [6, 6.07) is 3.93. The van der Waals surface area contributed by atoms with Crippen molar-refractivity contribution in [1.82, 2.24) is 10.3 Å². The molecule has 0 aliphatic carbocycles. The highest BCUT2D eigenvalue weighted by molar-refractivity contribution is 9.10. The van der Waals surface area contributed by atoms with E-state index in [2.05, 4.69) is 26.2 Å². The first-order valence-corrected chi connectivity index (χ1v) is 6.46. The number of hydrogen-bond donors (Lipinski definition) is 1. The Hall–Kier alpha value is -0.780. The maximum absolute atomic E-state index is 11.8. The number of ether oxygens (including phenoxy) is 1. The second kappa shape index (κ2) is 6.23. The van der Waals surface area contributed by atoms with Crippen molar-refractivity contribution in [3.63, 3.8) is 0 Å². The maximum atomic E-state index is 11.8. The molecule has 1 unspecified atom stereocenters. The lowest BCUT2D eigenvalue weighted by Crippen LogP contribution is -2.42. The number of rotatable bonds is 4. The van der Waals surface area contributed by atoms with Crippen LogP contribution in [0.3, 0.4) is 0 Å². The molecule has 1 aromatic heterocycles. The number of nitrogens with zero attached hydrogens (tertiary/aromatic N) is 1. The first-order valence-electron chi connectivity index (χ1n) is 5.67. The largest absolute Gasteiger partial charge is 0.379 e. The Balaban J connectivity index is 1.82. The highest BCUT2D eigenvalue weighted by Gasteiger charge is 2.17. The molecule has 92 valence electrons. The number of pyridine rings is 1. The summed E-state index contributed by atoms with van der Waals surface area (Å²) in [5.41, 5.74) is 0.815. The Morgan fingerprint density at radius 1 is 1.59 bits per heavy atom. The van der Waals surface area contributed by atoms with Gasteiger partial charge in [-0.05, 0) is 28.1 Å². The number of carbonyl (C=O) groups excluding carboxylic acids is 1. The zero-order valence-corrected chi connectivity index (χ0v) is 11.1. The van der Waals surface area contributed by atoms with Crippen molar-refractivity contribution in [3.8, 4) is 0 Å². The summed E-state index contributed by atoms with van der Waals surface area (Å²) in [7, 11) is 0. The van der Waals surface area contributed by atoms with Crippen molar-refractivity contribution in [1.29, 1.82) is 0 Å². The average Bonchev–Trinajstić information content (AvgIpc) is 2.33. The summed E-state index contributed by atoms with van der Waals surface area (Å²) in [6.07, 6.45) is 2.62. The lowest BCUT2D eigenvalue weighted by molar-refractivity contribution is -0.119. The minimum atomic E-state index is 0.159. The second-order valence-electron chi connectivity index (χ2n) is 4.11. The van der Waals surface area contributed by atoms with Crippen molar-refractivity contribution < 1.29 is 9.53 Å². The number of aromatic nitrogens is 1. The van der Waals surface area contributed by atoms with Crippen LogP contribution in [0.1, 0.15) is 12.1 Å². The lowest BCUT2D eigenvalue weighted by Gasteiger charge is -2.23. The number of nitrogens with one attached hydrogen (secondary N) is 1. The number of ketones is 1. The third-order valence-corrected chi connectivity index (χ3v) is 3.11. The van der Waals surface area contributed by atoms with Gasteiger partial charge < -0.3 is 10.1 Å². The Morgan fingerprint density at radius 3 is 3.12 bits per heavy atom. The van der Waals surface area contributed by atoms with Gasteiger partial charge in [-0.25, -0.2) is 0 Å². The topological polar surface area (TPSA) is 51.2 Å². The van der Waals surface area contributed by atoms with Crippen LogP contribution in [0.15, 0.2) is 22.8 Å². The van der Waals surface area contributed by atoms with E-state index in [0.717, 1.165) is 23.3 Å². The highest BCUT2D eigenvalue weighted by atomic mass is 79.9. The Bertz CT molecular complexity index is 375. The fourth-order valence-electron chi connectivity index (χ4n) is 1.81. The quantitative estimate of drug-likeness (QED) is 0.911. The van der Waals surface area contributed by atoms with E-state index >= 15 is 0 Å². The van der Waals surface area contributed by atoms with E-state index in [1.807, 2.05) is 12.1 Å². The van der Waals surface area contributed by atoms with Crippen LogP contribution >= 0.6 is 15.9 Å². The van der Waals surface area contributed by atoms with Crippen LogP contribution in [-0.4, -0.2) is 36.6 Å². The van der Waals surface area contributed by atoms with Crippen LogP contribution in [0.5, 0.6) is 0 Å². The van der Waals surface area contributed by atoms with Crippen molar-refractivity contribution in [2.75, 3.05) is 19.8 Å². The summed E-state index contributed by atoms with van der Waals surface area (Å²) in [5, 5.41) is 3.27. The number of halogens is 1. The summed E-state index contributed by atoms with van der Waals surface area (Å²) in [6.45, 7) is 2.19. The number of hydrogen-bond acceptors (Lipinski definition) is 4. The Morgan fingerprint density at radius 2 is 2.47 bits per heavy atom. The van der Waals surface area contributed by atoms with Crippen LogP contribution in [0, 0.1) is 0 Å². The fraction of sp³-hybridized carbons (Fsp3) is 0.500. The van der Waals surface area contributed by atoms with Gasteiger partial charge in [0.2, 0.25) is 0 Å². The number of morpholine rings is 1. The SMILES string of the molecule is O=C(Cc1ccc(Br)cn1)CC1COCCN1. The van der Waals surface area contributed by atoms with E-state index in [-0.39, 0.29) is 11.8 Å². The molecule has 2 heterocycles. The molecule has 0 spiro atoms. The number of Topliss-reactive ketones (excluding diaryl/α,β-unsaturated/α-hetero) is 1. The third-order valence-electron chi connectivity index (χ3n) is 2.64. The number of carbonyl (C=O) groups is 1. The monoisotopic (exact) mass is 298 g/mol. The molecule has 1 atom stereocenters. The second-order valence-corrected chi connectivity index (χ2v) is 5.03. The van der Waals surface area contributed by atoms with Crippen molar-refractivity contribution in [2.45, 2.75) is 18.9 Å².